The number of nitrogens with zero attached hydrogens (tertiary/aromatic N) is 1. The minimum Gasteiger partial charge on any atom is -0.481 e. The lowest BCUT2D eigenvalue weighted by Crippen LogP contribution is -2.07. The highest BCUT2D eigenvalue weighted by Crippen LogP contribution is 2.27. The number of rotatable bonds is 5. The van der Waals surface area contributed by atoms with Gasteiger partial charge < -0.3 is 10.4 Å². The lowest BCUT2D eigenvalue weighted by atomic mass is 10.1. The normalized spacial score (nSPS) is 10.6. The molecule has 2 rings (SSSR count). The number of pyridine rings is 1. The van der Waals surface area contributed by atoms with Gasteiger partial charge in [0.15, 0.2) is 0 Å². The summed E-state index contributed by atoms with van der Waals surface area (Å²) >= 11 is 0. The molecule has 1 heterocycles. The zero-order valence-corrected chi connectivity index (χ0v) is 11.2. The topological polar surface area (TPSA) is 62.2 Å². The molecule has 0 bridgehead atoms. The first-order chi connectivity index (χ1) is 9.09. The molecule has 100 valence electrons. The molecule has 1 aromatic heterocycles. The average Bonchev–Trinajstić information content (AvgIpc) is 2.38. The first-order valence-electron chi connectivity index (χ1n) is 6.41. The Hall–Kier alpha value is -2.10. The largest absolute Gasteiger partial charge is 0.481 e. The van der Waals surface area contributed by atoms with Gasteiger partial charge in [-0.15, -0.1) is 0 Å². The maximum atomic E-state index is 10.5. The number of carboxylic acids is 1. The maximum Gasteiger partial charge on any atom is 0.303 e. The van der Waals surface area contributed by atoms with Gasteiger partial charge in [-0.3, -0.25) is 9.78 Å². The number of aliphatic carboxylic acids is 1. The van der Waals surface area contributed by atoms with E-state index < -0.39 is 5.97 Å². The minimum absolute atomic E-state index is 0.189. The summed E-state index contributed by atoms with van der Waals surface area (Å²) in [5.74, 6) is -0.755. The highest BCUT2D eigenvalue weighted by molar-refractivity contribution is 5.93. The lowest BCUT2D eigenvalue weighted by Gasteiger charge is -2.14. The Morgan fingerprint density at radius 3 is 2.79 bits per heavy atom. The molecule has 0 fully saturated rings. The number of hydrogen-bond acceptors (Lipinski definition) is 3. The van der Waals surface area contributed by atoms with E-state index >= 15 is 0 Å². The van der Waals surface area contributed by atoms with Crippen LogP contribution >= 0.6 is 0 Å². The smallest absolute Gasteiger partial charge is 0.303 e. The number of carboxylic acid groups (broad SMARTS) is 1. The number of nitrogens with one attached hydrogen (secondary N) is 1. The molecule has 0 amide bonds. The summed E-state index contributed by atoms with van der Waals surface area (Å²) in [7, 11) is 0. The molecule has 0 aliphatic rings. The highest BCUT2D eigenvalue weighted by Gasteiger charge is 2.08. The Kier molecular flexibility index (Phi) is 4.00. The molecule has 0 saturated carbocycles. The second-order valence-electron chi connectivity index (χ2n) is 4.64. The third kappa shape index (κ3) is 3.02. The molecule has 0 atom stereocenters. The van der Waals surface area contributed by atoms with Gasteiger partial charge in [-0.1, -0.05) is 18.2 Å². The van der Waals surface area contributed by atoms with Crippen LogP contribution in [0.25, 0.3) is 10.9 Å². The number of hydrogen-bond donors (Lipinski definition) is 2. The Bertz CT molecular complexity index is 608. The van der Waals surface area contributed by atoms with Crippen molar-refractivity contribution in [2.24, 2.45) is 0 Å². The van der Waals surface area contributed by atoms with Crippen LogP contribution in [0.4, 0.5) is 5.69 Å². The minimum atomic E-state index is -0.755. The fraction of sp³-hybridized carbons (Fsp3) is 0.333. The number of benzene rings is 1. The first kappa shape index (κ1) is 13.3. The number of fused-ring (bicyclic) bond motifs is 1. The average molecular weight is 258 g/mol. The van der Waals surface area contributed by atoms with Crippen LogP contribution in [-0.4, -0.2) is 22.6 Å². The van der Waals surface area contributed by atoms with Gasteiger partial charge in [0.2, 0.25) is 0 Å². The second-order valence-corrected chi connectivity index (χ2v) is 4.64. The summed E-state index contributed by atoms with van der Waals surface area (Å²) in [6, 6.07) is 7.98. The van der Waals surface area contributed by atoms with Gasteiger partial charge >= 0.3 is 5.97 Å². The van der Waals surface area contributed by atoms with Crippen molar-refractivity contribution >= 4 is 22.6 Å². The molecule has 19 heavy (non-hydrogen) atoms. The highest BCUT2D eigenvalue weighted by atomic mass is 16.4. The standard InChI is InChI=1S/C15H18N2O2/c1-10-11(2)17-13-7-4-3-6-12(13)15(10)16-9-5-8-14(18)19/h3-4,6-7H,5,8-9H2,1-2H3,(H,16,17)(H,18,19). The van der Waals surface area contributed by atoms with E-state index in [4.69, 9.17) is 5.11 Å². The fourth-order valence-corrected chi connectivity index (χ4v) is 2.11. The van der Waals surface area contributed by atoms with Crippen LogP contribution in [0.5, 0.6) is 0 Å². The van der Waals surface area contributed by atoms with E-state index in [-0.39, 0.29) is 6.42 Å². The van der Waals surface area contributed by atoms with Crippen LogP contribution in [-0.2, 0) is 4.79 Å². The molecular weight excluding hydrogens is 240 g/mol. The monoisotopic (exact) mass is 258 g/mol. The molecular formula is C15H18N2O2. The third-order valence-corrected chi connectivity index (χ3v) is 3.25. The number of aromatic nitrogens is 1. The molecule has 0 spiro atoms. The maximum absolute atomic E-state index is 10.5. The van der Waals surface area contributed by atoms with E-state index in [9.17, 15) is 4.79 Å². The van der Waals surface area contributed by atoms with Gasteiger partial charge in [-0.25, -0.2) is 0 Å². The molecule has 2 N–H and O–H groups in total. The zero-order valence-electron chi connectivity index (χ0n) is 11.2. The van der Waals surface area contributed by atoms with Gasteiger partial charge in [0.25, 0.3) is 0 Å². The van der Waals surface area contributed by atoms with Gasteiger partial charge in [-0.05, 0) is 31.9 Å². The Labute approximate surface area is 112 Å². The van der Waals surface area contributed by atoms with E-state index in [0.717, 1.165) is 27.8 Å². The molecule has 4 nitrogen and oxygen atoms in total. The molecule has 1 aromatic carbocycles. The van der Waals surface area contributed by atoms with Crippen molar-refractivity contribution in [1.29, 1.82) is 0 Å². The predicted molar refractivity (Wildman–Crippen MR) is 76.6 cm³/mol. The molecule has 0 saturated heterocycles. The van der Waals surface area contributed by atoms with Crippen molar-refractivity contribution in [1.82, 2.24) is 4.98 Å². The second kappa shape index (κ2) is 5.69. The van der Waals surface area contributed by atoms with E-state index in [2.05, 4.69) is 10.3 Å². The zero-order chi connectivity index (χ0) is 13.8. The number of anilines is 1. The van der Waals surface area contributed by atoms with Crippen molar-refractivity contribution in [3.05, 3.63) is 35.5 Å². The van der Waals surface area contributed by atoms with Crippen LogP contribution in [0.3, 0.4) is 0 Å². The summed E-state index contributed by atoms with van der Waals surface area (Å²) in [6.45, 7) is 4.68. The number of carbonyl (C=O) groups is 1. The quantitative estimate of drug-likeness (QED) is 0.809. The Morgan fingerprint density at radius 1 is 1.32 bits per heavy atom. The number of aryl methyl sites for hydroxylation is 1. The fourth-order valence-electron chi connectivity index (χ4n) is 2.11. The van der Waals surface area contributed by atoms with Gasteiger partial charge in [-0.2, -0.15) is 0 Å². The third-order valence-electron chi connectivity index (χ3n) is 3.25. The van der Waals surface area contributed by atoms with Crippen molar-refractivity contribution in [3.8, 4) is 0 Å². The SMILES string of the molecule is Cc1nc2ccccc2c(NCCCC(=O)O)c1C. The predicted octanol–water partition coefficient (Wildman–Crippen LogP) is 3.13. The summed E-state index contributed by atoms with van der Waals surface area (Å²) < 4.78 is 0. The van der Waals surface area contributed by atoms with Gasteiger partial charge in [0.1, 0.15) is 0 Å². The van der Waals surface area contributed by atoms with E-state index in [1.54, 1.807) is 0 Å². The van der Waals surface area contributed by atoms with Crippen LogP contribution in [0.15, 0.2) is 24.3 Å². The van der Waals surface area contributed by atoms with Crippen LogP contribution < -0.4 is 5.32 Å². The summed E-state index contributed by atoms with van der Waals surface area (Å²) in [5, 5.41) is 13.1. The van der Waals surface area contributed by atoms with Crippen LogP contribution in [0.1, 0.15) is 24.1 Å². The van der Waals surface area contributed by atoms with E-state index in [1.807, 2.05) is 38.1 Å². The molecule has 2 aromatic rings. The Balaban J connectivity index is 2.25. The van der Waals surface area contributed by atoms with E-state index in [0.29, 0.717) is 13.0 Å². The van der Waals surface area contributed by atoms with Crippen molar-refractivity contribution in [2.45, 2.75) is 26.7 Å². The summed E-state index contributed by atoms with van der Waals surface area (Å²) in [6.07, 6.45) is 0.804. The number of para-hydroxylation sites is 1. The van der Waals surface area contributed by atoms with Crippen LogP contribution in [0, 0.1) is 13.8 Å². The molecule has 0 aliphatic carbocycles. The van der Waals surface area contributed by atoms with Crippen molar-refractivity contribution < 1.29 is 9.90 Å². The van der Waals surface area contributed by atoms with Crippen molar-refractivity contribution in [3.63, 3.8) is 0 Å². The lowest BCUT2D eigenvalue weighted by molar-refractivity contribution is -0.137. The van der Waals surface area contributed by atoms with Gasteiger partial charge in [0, 0.05) is 29.7 Å². The van der Waals surface area contributed by atoms with Crippen molar-refractivity contribution in [2.75, 3.05) is 11.9 Å². The Morgan fingerprint density at radius 2 is 2.05 bits per heavy atom. The molecule has 4 heteroatoms. The van der Waals surface area contributed by atoms with Gasteiger partial charge in [0.05, 0.1) is 5.52 Å². The molecule has 0 unspecified atom stereocenters. The van der Waals surface area contributed by atoms with Crippen LogP contribution in [0.2, 0.25) is 0 Å². The first-order valence-corrected chi connectivity index (χ1v) is 6.41. The van der Waals surface area contributed by atoms with E-state index in [1.165, 1.54) is 0 Å². The summed E-state index contributed by atoms with van der Waals surface area (Å²) in [4.78, 5) is 15.1. The molecule has 0 aliphatic heterocycles. The summed E-state index contributed by atoms with van der Waals surface area (Å²) in [5.41, 5.74) is 4.15. The molecule has 0 radical (unpaired) electrons.